The number of carbonyl (C=O) groups excluding carboxylic acids is 1. The molecule has 28 heavy (non-hydrogen) atoms. The lowest BCUT2D eigenvalue weighted by molar-refractivity contribution is -0.115. The molecule has 0 atom stereocenters. The molecule has 2 aromatic rings. The maximum Gasteiger partial charge on any atom is 0.228 e. The minimum absolute atomic E-state index is 0.0919. The summed E-state index contributed by atoms with van der Waals surface area (Å²) in [5, 5.41) is 3.01. The molecule has 6 heteroatoms. The first-order valence-corrected chi connectivity index (χ1v) is 9.84. The van der Waals surface area contributed by atoms with Gasteiger partial charge < -0.3 is 24.4 Å². The van der Waals surface area contributed by atoms with Crippen molar-refractivity contribution in [2.75, 3.05) is 43.6 Å². The Labute approximate surface area is 165 Å². The Bertz CT molecular complexity index is 846. The molecule has 2 heterocycles. The van der Waals surface area contributed by atoms with E-state index in [0.29, 0.717) is 30.4 Å². The summed E-state index contributed by atoms with van der Waals surface area (Å²) in [5.41, 5.74) is 2.70. The van der Waals surface area contributed by atoms with Gasteiger partial charge in [0, 0.05) is 18.8 Å². The highest BCUT2D eigenvalue weighted by atomic mass is 16.6. The van der Waals surface area contributed by atoms with Crippen molar-refractivity contribution in [2.24, 2.45) is 0 Å². The highest BCUT2D eigenvalue weighted by Crippen LogP contribution is 2.32. The zero-order valence-corrected chi connectivity index (χ0v) is 16.2. The van der Waals surface area contributed by atoms with Gasteiger partial charge in [-0.15, -0.1) is 0 Å². The minimum atomic E-state index is -0.0919. The van der Waals surface area contributed by atoms with Crippen LogP contribution in [0.15, 0.2) is 36.4 Å². The van der Waals surface area contributed by atoms with Gasteiger partial charge in [0.1, 0.15) is 19.0 Å². The van der Waals surface area contributed by atoms with E-state index in [1.54, 1.807) is 7.11 Å². The Balaban J connectivity index is 1.47. The maximum absolute atomic E-state index is 12.7. The van der Waals surface area contributed by atoms with E-state index in [0.717, 1.165) is 30.1 Å². The van der Waals surface area contributed by atoms with Crippen LogP contribution in [0.25, 0.3) is 0 Å². The maximum atomic E-state index is 12.7. The molecule has 0 unspecified atom stereocenters. The van der Waals surface area contributed by atoms with E-state index in [2.05, 4.69) is 16.3 Å². The molecule has 2 aliphatic heterocycles. The summed E-state index contributed by atoms with van der Waals surface area (Å²) in [6.45, 7) is 3.19. The summed E-state index contributed by atoms with van der Waals surface area (Å²) in [4.78, 5) is 15.0. The predicted molar refractivity (Wildman–Crippen MR) is 109 cm³/mol. The number of nitrogens with zero attached hydrogens (tertiary/aromatic N) is 1. The molecular weight excluding hydrogens is 356 g/mol. The molecule has 0 bridgehead atoms. The molecule has 0 aromatic heterocycles. The molecule has 0 radical (unpaired) electrons. The predicted octanol–water partition coefficient (Wildman–Crippen LogP) is 3.64. The second-order valence-electron chi connectivity index (χ2n) is 7.14. The smallest absolute Gasteiger partial charge is 0.228 e. The van der Waals surface area contributed by atoms with Crippen LogP contribution in [0.4, 0.5) is 11.4 Å². The molecule has 2 aromatic carbocycles. The molecular formula is C22H26N2O4. The first-order valence-electron chi connectivity index (χ1n) is 9.84. The van der Waals surface area contributed by atoms with E-state index in [9.17, 15) is 4.79 Å². The summed E-state index contributed by atoms with van der Waals surface area (Å²) in [6.07, 6.45) is 3.95. The van der Waals surface area contributed by atoms with Crippen molar-refractivity contribution in [3.63, 3.8) is 0 Å². The number of ether oxygens (including phenoxy) is 3. The van der Waals surface area contributed by atoms with Gasteiger partial charge in [0.2, 0.25) is 5.91 Å². The highest BCUT2D eigenvalue weighted by molar-refractivity contribution is 5.94. The van der Waals surface area contributed by atoms with Crippen molar-refractivity contribution in [1.29, 1.82) is 0 Å². The topological polar surface area (TPSA) is 60.0 Å². The number of hydrogen-bond acceptors (Lipinski definition) is 5. The first-order chi connectivity index (χ1) is 13.7. The number of anilines is 2. The summed E-state index contributed by atoms with van der Waals surface area (Å²) in [7, 11) is 1.62. The van der Waals surface area contributed by atoms with Gasteiger partial charge in [-0.1, -0.05) is 6.07 Å². The molecule has 1 fully saturated rings. The highest BCUT2D eigenvalue weighted by Gasteiger charge is 2.16. The van der Waals surface area contributed by atoms with Crippen molar-refractivity contribution < 1.29 is 19.0 Å². The molecule has 1 N–H and O–H groups in total. The second-order valence-corrected chi connectivity index (χ2v) is 7.14. The average molecular weight is 382 g/mol. The minimum Gasteiger partial charge on any atom is -0.495 e. The molecule has 148 valence electrons. The van der Waals surface area contributed by atoms with Gasteiger partial charge in [0.25, 0.3) is 0 Å². The molecule has 0 aliphatic carbocycles. The van der Waals surface area contributed by atoms with Crippen LogP contribution < -0.4 is 24.4 Å². The fraction of sp³-hybridized carbons (Fsp3) is 0.409. The molecule has 4 rings (SSSR count). The third-order valence-electron chi connectivity index (χ3n) is 5.15. The van der Waals surface area contributed by atoms with Crippen molar-refractivity contribution in [1.82, 2.24) is 0 Å². The van der Waals surface area contributed by atoms with Gasteiger partial charge in [-0.3, -0.25) is 4.79 Å². The summed E-state index contributed by atoms with van der Waals surface area (Å²) >= 11 is 0. The fourth-order valence-electron chi connectivity index (χ4n) is 3.72. The molecule has 6 nitrogen and oxygen atoms in total. The van der Waals surface area contributed by atoms with Crippen LogP contribution in [0.1, 0.15) is 24.8 Å². The SMILES string of the molecule is COc1ccc(N2CCCCC2)cc1NC(=O)Cc1ccc2c(c1)OCCO2. The number of piperidine rings is 1. The van der Waals surface area contributed by atoms with Gasteiger partial charge in [-0.05, 0) is 55.2 Å². The van der Waals surface area contributed by atoms with Crippen LogP contribution in [0.5, 0.6) is 17.2 Å². The Morgan fingerprint density at radius 3 is 2.61 bits per heavy atom. The number of nitrogens with one attached hydrogen (secondary N) is 1. The van der Waals surface area contributed by atoms with Gasteiger partial charge >= 0.3 is 0 Å². The summed E-state index contributed by atoms with van der Waals surface area (Å²) in [6, 6.07) is 11.6. The third kappa shape index (κ3) is 4.16. The lowest BCUT2D eigenvalue weighted by Gasteiger charge is -2.29. The van der Waals surface area contributed by atoms with Crippen molar-refractivity contribution in [2.45, 2.75) is 25.7 Å². The third-order valence-corrected chi connectivity index (χ3v) is 5.15. The number of fused-ring (bicyclic) bond motifs is 1. The number of methoxy groups -OCH3 is 1. The number of amides is 1. The Morgan fingerprint density at radius 1 is 1.04 bits per heavy atom. The quantitative estimate of drug-likeness (QED) is 0.856. The van der Waals surface area contributed by atoms with Gasteiger partial charge in [0.05, 0.1) is 19.2 Å². The molecule has 2 aliphatic rings. The number of carbonyl (C=O) groups is 1. The van der Waals surface area contributed by atoms with Gasteiger partial charge in [-0.25, -0.2) is 0 Å². The standard InChI is InChI=1S/C22H26N2O4/c1-26-19-8-6-17(24-9-3-2-4-10-24)15-18(19)23-22(25)14-16-5-7-20-21(13-16)28-12-11-27-20/h5-8,13,15H,2-4,9-12,14H2,1H3,(H,23,25). The van der Waals surface area contributed by atoms with E-state index in [-0.39, 0.29) is 12.3 Å². The van der Waals surface area contributed by atoms with Crippen LogP contribution in [0.3, 0.4) is 0 Å². The van der Waals surface area contributed by atoms with E-state index in [1.165, 1.54) is 19.3 Å². The van der Waals surface area contributed by atoms with Gasteiger partial charge in [0.15, 0.2) is 11.5 Å². The first kappa shape index (κ1) is 18.5. The fourth-order valence-corrected chi connectivity index (χ4v) is 3.72. The van der Waals surface area contributed by atoms with Crippen molar-refractivity contribution in [3.8, 4) is 17.2 Å². The largest absolute Gasteiger partial charge is 0.495 e. The molecule has 0 spiro atoms. The van der Waals surface area contributed by atoms with Crippen LogP contribution in [-0.2, 0) is 11.2 Å². The monoisotopic (exact) mass is 382 g/mol. The van der Waals surface area contributed by atoms with Crippen LogP contribution >= 0.6 is 0 Å². The zero-order valence-electron chi connectivity index (χ0n) is 16.2. The van der Waals surface area contributed by atoms with E-state index in [4.69, 9.17) is 14.2 Å². The zero-order chi connectivity index (χ0) is 19.3. The van der Waals surface area contributed by atoms with Crippen molar-refractivity contribution in [3.05, 3.63) is 42.0 Å². The summed E-state index contributed by atoms with van der Waals surface area (Å²) < 4.78 is 16.6. The number of benzene rings is 2. The Kier molecular flexibility index (Phi) is 5.55. The second kappa shape index (κ2) is 8.42. The molecule has 1 saturated heterocycles. The average Bonchev–Trinajstić information content (AvgIpc) is 2.74. The van der Waals surface area contributed by atoms with Crippen LogP contribution in [0, 0.1) is 0 Å². The van der Waals surface area contributed by atoms with Gasteiger partial charge in [-0.2, -0.15) is 0 Å². The van der Waals surface area contributed by atoms with Crippen LogP contribution in [-0.4, -0.2) is 39.3 Å². The van der Waals surface area contributed by atoms with E-state index in [1.807, 2.05) is 30.3 Å². The molecule has 1 amide bonds. The van der Waals surface area contributed by atoms with Crippen molar-refractivity contribution >= 4 is 17.3 Å². The van der Waals surface area contributed by atoms with Crippen LogP contribution in [0.2, 0.25) is 0 Å². The number of rotatable bonds is 5. The van der Waals surface area contributed by atoms with E-state index < -0.39 is 0 Å². The normalized spacial score (nSPS) is 15.8. The Morgan fingerprint density at radius 2 is 1.82 bits per heavy atom. The Hall–Kier alpha value is -2.89. The summed E-state index contributed by atoms with van der Waals surface area (Å²) in [5.74, 6) is 1.99. The number of hydrogen-bond donors (Lipinski definition) is 1. The molecule has 0 saturated carbocycles. The lowest BCUT2D eigenvalue weighted by Crippen LogP contribution is -2.29. The lowest BCUT2D eigenvalue weighted by atomic mass is 10.1. The van der Waals surface area contributed by atoms with E-state index >= 15 is 0 Å².